The highest BCUT2D eigenvalue weighted by atomic mass is 15.2. The van der Waals surface area contributed by atoms with E-state index in [-0.39, 0.29) is 0 Å². The summed E-state index contributed by atoms with van der Waals surface area (Å²) in [6, 6.07) is 1.19. The fourth-order valence-corrected chi connectivity index (χ4v) is 1.44. The molecule has 1 aromatic heterocycles. The lowest BCUT2D eigenvalue weighted by Gasteiger charge is -2.18. The monoisotopic (exact) mass is 193 g/mol. The van der Waals surface area contributed by atoms with Gasteiger partial charge < -0.3 is 9.88 Å². The molecule has 0 amide bonds. The van der Waals surface area contributed by atoms with Gasteiger partial charge in [-0.25, -0.2) is 4.98 Å². The van der Waals surface area contributed by atoms with E-state index in [1.807, 2.05) is 6.20 Å². The molecule has 1 heterocycles. The Bertz CT molecular complexity index is 299. The third kappa shape index (κ3) is 1.91. The zero-order chi connectivity index (χ0) is 10.1. The number of hydrogen-bond acceptors (Lipinski definition) is 2. The molecule has 1 aliphatic carbocycles. The molecule has 1 aromatic rings. The molecule has 0 spiro atoms. The average Bonchev–Trinajstić information content (AvgIpc) is 2.88. The van der Waals surface area contributed by atoms with E-state index in [0.717, 1.165) is 5.95 Å². The first-order valence-electron chi connectivity index (χ1n) is 5.48. The van der Waals surface area contributed by atoms with Crippen LogP contribution in [-0.2, 0) is 0 Å². The maximum Gasteiger partial charge on any atom is 0.203 e. The predicted molar refractivity (Wildman–Crippen MR) is 58.4 cm³/mol. The lowest BCUT2D eigenvalue weighted by Crippen LogP contribution is -2.23. The van der Waals surface area contributed by atoms with E-state index < -0.39 is 0 Å². The molecular weight excluding hydrogens is 174 g/mol. The van der Waals surface area contributed by atoms with Gasteiger partial charge in [0.2, 0.25) is 5.95 Å². The summed E-state index contributed by atoms with van der Waals surface area (Å²) in [6.07, 6.45) is 6.57. The number of aromatic nitrogens is 2. The Morgan fingerprint density at radius 1 is 1.43 bits per heavy atom. The summed E-state index contributed by atoms with van der Waals surface area (Å²) in [5, 5.41) is 3.46. The molecule has 0 aromatic carbocycles. The van der Waals surface area contributed by atoms with Crippen LogP contribution in [0.15, 0.2) is 12.4 Å². The minimum absolute atomic E-state index is 0.481. The number of nitrogens with zero attached hydrogens (tertiary/aromatic N) is 2. The third-order valence-electron chi connectivity index (χ3n) is 2.97. The topological polar surface area (TPSA) is 29.9 Å². The van der Waals surface area contributed by atoms with Crippen molar-refractivity contribution in [1.29, 1.82) is 0 Å². The van der Waals surface area contributed by atoms with Gasteiger partial charge in [-0.2, -0.15) is 0 Å². The number of anilines is 1. The smallest absolute Gasteiger partial charge is 0.203 e. The van der Waals surface area contributed by atoms with Gasteiger partial charge in [-0.05, 0) is 25.7 Å². The third-order valence-corrected chi connectivity index (χ3v) is 2.97. The van der Waals surface area contributed by atoms with E-state index in [1.54, 1.807) is 0 Å². The van der Waals surface area contributed by atoms with Crippen molar-refractivity contribution in [3.05, 3.63) is 12.4 Å². The SMILES string of the molecule is CC(C)C(C)Nc1nccn1C1CC1. The highest BCUT2D eigenvalue weighted by Gasteiger charge is 2.25. The molecular formula is C11H19N3. The van der Waals surface area contributed by atoms with Crippen LogP contribution in [0.3, 0.4) is 0 Å². The van der Waals surface area contributed by atoms with Crippen molar-refractivity contribution in [2.24, 2.45) is 5.92 Å². The fraction of sp³-hybridized carbons (Fsp3) is 0.727. The van der Waals surface area contributed by atoms with Crippen LogP contribution in [-0.4, -0.2) is 15.6 Å². The molecule has 78 valence electrons. The predicted octanol–water partition coefficient (Wildman–Crippen LogP) is 2.67. The lowest BCUT2D eigenvalue weighted by atomic mass is 10.1. The average molecular weight is 193 g/mol. The Morgan fingerprint density at radius 2 is 2.14 bits per heavy atom. The van der Waals surface area contributed by atoms with Crippen LogP contribution in [0.25, 0.3) is 0 Å². The summed E-state index contributed by atoms with van der Waals surface area (Å²) >= 11 is 0. The van der Waals surface area contributed by atoms with Crippen LogP contribution in [0, 0.1) is 5.92 Å². The largest absolute Gasteiger partial charge is 0.353 e. The van der Waals surface area contributed by atoms with Crippen LogP contribution < -0.4 is 5.32 Å². The first-order chi connectivity index (χ1) is 6.68. The number of rotatable bonds is 4. The Kier molecular flexibility index (Phi) is 2.48. The van der Waals surface area contributed by atoms with Gasteiger partial charge in [0, 0.05) is 24.5 Å². The Hall–Kier alpha value is -0.990. The molecule has 1 unspecified atom stereocenters. The molecule has 3 nitrogen and oxygen atoms in total. The zero-order valence-electron chi connectivity index (χ0n) is 9.20. The summed E-state index contributed by atoms with van der Waals surface area (Å²) in [6.45, 7) is 6.65. The second-order valence-electron chi connectivity index (χ2n) is 4.57. The first kappa shape index (κ1) is 9.56. The standard InChI is InChI=1S/C11H19N3/c1-8(2)9(3)13-11-12-6-7-14(11)10-4-5-10/h6-10H,4-5H2,1-3H3,(H,12,13). The molecule has 1 aliphatic rings. The van der Waals surface area contributed by atoms with Crippen molar-refractivity contribution in [2.45, 2.75) is 45.7 Å². The fourth-order valence-electron chi connectivity index (χ4n) is 1.44. The van der Waals surface area contributed by atoms with Crippen molar-refractivity contribution < 1.29 is 0 Å². The minimum Gasteiger partial charge on any atom is -0.353 e. The maximum atomic E-state index is 4.35. The summed E-state index contributed by atoms with van der Waals surface area (Å²) in [4.78, 5) is 4.35. The molecule has 0 radical (unpaired) electrons. The molecule has 1 fully saturated rings. The van der Waals surface area contributed by atoms with E-state index in [2.05, 4.69) is 41.8 Å². The van der Waals surface area contributed by atoms with Gasteiger partial charge in [-0.1, -0.05) is 13.8 Å². The van der Waals surface area contributed by atoms with Gasteiger partial charge >= 0.3 is 0 Å². The highest BCUT2D eigenvalue weighted by molar-refractivity contribution is 5.29. The van der Waals surface area contributed by atoms with Crippen molar-refractivity contribution >= 4 is 5.95 Å². The van der Waals surface area contributed by atoms with Crippen LogP contribution in [0.5, 0.6) is 0 Å². The molecule has 0 aliphatic heterocycles. The maximum absolute atomic E-state index is 4.35. The van der Waals surface area contributed by atoms with E-state index in [1.165, 1.54) is 12.8 Å². The molecule has 0 saturated heterocycles. The lowest BCUT2D eigenvalue weighted by molar-refractivity contribution is 0.551. The van der Waals surface area contributed by atoms with E-state index in [0.29, 0.717) is 18.0 Å². The van der Waals surface area contributed by atoms with E-state index >= 15 is 0 Å². The number of nitrogens with one attached hydrogen (secondary N) is 1. The molecule has 2 rings (SSSR count). The van der Waals surface area contributed by atoms with Gasteiger partial charge in [-0.3, -0.25) is 0 Å². The Morgan fingerprint density at radius 3 is 2.71 bits per heavy atom. The summed E-state index contributed by atoms with van der Waals surface area (Å²) < 4.78 is 2.26. The number of imidazole rings is 1. The van der Waals surface area contributed by atoms with Crippen LogP contribution >= 0.6 is 0 Å². The molecule has 1 atom stereocenters. The Labute approximate surface area is 85.5 Å². The van der Waals surface area contributed by atoms with Crippen molar-refractivity contribution in [2.75, 3.05) is 5.32 Å². The molecule has 0 bridgehead atoms. The van der Waals surface area contributed by atoms with Gasteiger partial charge in [-0.15, -0.1) is 0 Å². The summed E-state index contributed by atoms with van der Waals surface area (Å²) in [5.74, 6) is 1.67. The van der Waals surface area contributed by atoms with Gasteiger partial charge in [0.15, 0.2) is 0 Å². The molecule has 1 N–H and O–H groups in total. The molecule has 1 saturated carbocycles. The van der Waals surface area contributed by atoms with Gasteiger partial charge in [0.25, 0.3) is 0 Å². The first-order valence-corrected chi connectivity index (χ1v) is 5.48. The van der Waals surface area contributed by atoms with Crippen LogP contribution in [0.1, 0.15) is 39.7 Å². The van der Waals surface area contributed by atoms with Crippen LogP contribution in [0.2, 0.25) is 0 Å². The quantitative estimate of drug-likeness (QED) is 0.796. The van der Waals surface area contributed by atoms with Crippen LogP contribution in [0.4, 0.5) is 5.95 Å². The summed E-state index contributed by atoms with van der Waals surface area (Å²) in [5.41, 5.74) is 0. The second-order valence-corrected chi connectivity index (χ2v) is 4.57. The van der Waals surface area contributed by atoms with Gasteiger partial charge in [0.1, 0.15) is 0 Å². The van der Waals surface area contributed by atoms with Crippen molar-refractivity contribution in [1.82, 2.24) is 9.55 Å². The molecule has 14 heavy (non-hydrogen) atoms. The minimum atomic E-state index is 0.481. The second kappa shape index (κ2) is 3.64. The van der Waals surface area contributed by atoms with Crippen molar-refractivity contribution in [3.8, 4) is 0 Å². The highest BCUT2D eigenvalue weighted by Crippen LogP contribution is 2.36. The number of hydrogen-bond donors (Lipinski definition) is 1. The Balaban J connectivity index is 2.04. The van der Waals surface area contributed by atoms with Gasteiger partial charge in [0.05, 0.1) is 0 Å². The van der Waals surface area contributed by atoms with E-state index in [4.69, 9.17) is 0 Å². The summed E-state index contributed by atoms with van der Waals surface area (Å²) in [7, 11) is 0. The zero-order valence-corrected chi connectivity index (χ0v) is 9.20. The van der Waals surface area contributed by atoms with Crippen molar-refractivity contribution in [3.63, 3.8) is 0 Å². The molecule has 3 heteroatoms. The van der Waals surface area contributed by atoms with E-state index in [9.17, 15) is 0 Å². The normalized spacial score (nSPS) is 18.6.